The molecule has 0 atom stereocenters. The molecule has 1 aliphatic heterocycles. The van der Waals surface area contributed by atoms with Gasteiger partial charge in [0.05, 0.1) is 12.3 Å². The first-order chi connectivity index (χ1) is 18.4. The standard InChI is InChI=1S/C29H24N4O5/c1-2-38-22-14-12-21(13-15-22)33-28(36)24(27(35)31-29(33)37)16-19-17-32(25-11-7-6-10-23(19)25)18-26(34)30-20-8-4-3-5-9-20/h3-17H,2,18H2,1H3,(H,30,34)(H,31,35,37)/b24-16-. The van der Waals surface area contributed by atoms with E-state index in [1.54, 1.807) is 47.2 Å². The number of nitrogens with one attached hydrogen (secondary N) is 2. The van der Waals surface area contributed by atoms with Gasteiger partial charge in [-0.05, 0) is 55.5 Å². The number of hydrogen-bond acceptors (Lipinski definition) is 5. The van der Waals surface area contributed by atoms with Crippen molar-refractivity contribution in [1.29, 1.82) is 0 Å². The van der Waals surface area contributed by atoms with Crippen LogP contribution in [0.1, 0.15) is 12.5 Å². The summed E-state index contributed by atoms with van der Waals surface area (Å²) in [6.45, 7) is 2.35. The summed E-state index contributed by atoms with van der Waals surface area (Å²) >= 11 is 0. The first-order valence-corrected chi connectivity index (χ1v) is 12.0. The van der Waals surface area contributed by atoms with Gasteiger partial charge >= 0.3 is 6.03 Å². The molecule has 0 radical (unpaired) electrons. The van der Waals surface area contributed by atoms with Crippen molar-refractivity contribution < 1.29 is 23.9 Å². The van der Waals surface area contributed by atoms with Crippen molar-refractivity contribution in [2.24, 2.45) is 0 Å². The van der Waals surface area contributed by atoms with Gasteiger partial charge in [0.25, 0.3) is 11.8 Å². The maximum absolute atomic E-state index is 13.4. The molecule has 2 N–H and O–H groups in total. The molecule has 0 bridgehead atoms. The zero-order valence-electron chi connectivity index (χ0n) is 20.5. The Hall–Kier alpha value is -5.18. The molecule has 0 saturated carbocycles. The Kier molecular flexibility index (Phi) is 6.73. The molecule has 5 amide bonds. The minimum absolute atomic E-state index is 0.0233. The van der Waals surface area contributed by atoms with Gasteiger partial charge in [-0.1, -0.05) is 36.4 Å². The predicted octanol–water partition coefficient (Wildman–Crippen LogP) is 4.35. The van der Waals surface area contributed by atoms with Gasteiger partial charge in [0.15, 0.2) is 0 Å². The first-order valence-electron chi connectivity index (χ1n) is 12.0. The Balaban J connectivity index is 1.46. The molecule has 38 heavy (non-hydrogen) atoms. The summed E-state index contributed by atoms with van der Waals surface area (Å²) in [5.74, 6) is -1.17. The molecule has 4 aromatic rings. The molecule has 5 rings (SSSR count). The largest absolute Gasteiger partial charge is 0.494 e. The summed E-state index contributed by atoms with van der Waals surface area (Å²) in [4.78, 5) is 52.3. The van der Waals surface area contributed by atoms with Crippen molar-refractivity contribution in [3.63, 3.8) is 0 Å². The third-order valence-electron chi connectivity index (χ3n) is 6.00. The number of benzene rings is 3. The fourth-order valence-corrected chi connectivity index (χ4v) is 4.30. The van der Waals surface area contributed by atoms with Crippen LogP contribution in [-0.2, 0) is 20.9 Å². The van der Waals surface area contributed by atoms with Crippen LogP contribution in [0.2, 0.25) is 0 Å². The van der Waals surface area contributed by atoms with Gasteiger partial charge in [0, 0.05) is 28.4 Å². The van der Waals surface area contributed by atoms with E-state index in [1.807, 2.05) is 49.4 Å². The third kappa shape index (κ3) is 4.90. The van der Waals surface area contributed by atoms with Crippen molar-refractivity contribution in [2.45, 2.75) is 13.5 Å². The van der Waals surface area contributed by atoms with E-state index in [0.717, 1.165) is 15.8 Å². The van der Waals surface area contributed by atoms with Crippen LogP contribution in [0.4, 0.5) is 16.2 Å². The van der Waals surface area contributed by atoms with Gasteiger partial charge < -0.3 is 14.6 Å². The van der Waals surface area contributed by atoms with Crippen molar-refractivity contribution in [3.05, 3.63) is 96.2 Å². The number of rotatable bonds is 7. The van der Waals surface area contributed by atoms with Gasteiger partial charge in [0.1, 0.15) is 17.9 Å². The van der Waals surface area contributed by atoms with E-state index in [4.69, 9.17) is 4.74 Å². The smallest absolute Gasteiger partial charge is 0.335 e. The highest BCUT2D eigenvalue weighted by molar-refractivity contribution is 6.39. The SMILES string of the molecule is CCOc1ccc(N2C(=O)NC(=O)/C(=C/c3cn(CC(=O)Nc4ccccc4)c4ccccc34)C2=O)cc1. The van der Waals surface area contributed by atoms with Crippen LogP contribution in [0.25, 0.3) is 17.0 Å². The lowest BCUT2D eigenvalue weighted by atomic mass is 10.1. The molecule has 1 aliphatic rings. The Morgan fingerprint density at radius 2 is 1.66 bits per heavy atom. The number of anilines is 2. The minimum Gasteiger partial charge on any atom is -0.494 e. The van der Waals surface area contributed by atoms with E-state index in [2.05, 4.69) is 10.6 Å². The number of fused-ring (bicyclic) bond motifs is 1. The summed E-state index contributed by atoms with van der Waals surface area (Å²) in [5.41, 5.74) is 2.10. The predicted molar refractivity (Wildman–Crippen MR) is 144 cm³/mol. The van der Waals surface area contributed by atoms with Crippen molar-refractivity contribution in [1.82, 2.24) is 9.88 Å². The maximum atomic E-state index is 13.4. The molecule has 1 aromatic heterocycles. The highest BCUT2D eigenvalue weighted by atomic mass is 16.5. The van der Waals surface area contributed by atoms with E-state index in [1.165, 1.54) is 6.08 Å². The topological polar surface area (TPSA) is 110 Å². The number of amides is 5. The van der Waals surface area contributed by atoms with E-state index in [9.17, 15) is 19.2 Å². The number of barbiturate groups is 1. The second kappa shape index (κ2) is 10.4. The summed E-state index contributed by atoms with van der Waals surface area (Å²) in [6.07, 6.45) is 3.15. The zero-order valence-corrected chi connectivity index (χ0v) is 20.5. The van der Waals surface area contributed by atoms with Gasteiger partial charge in [-0.2, -0.15) is 0 Å². The van der Waals surface area contributed by atoms with Crippen LogP contribution in [-0.4, -0.2) is 34.9 Å². The summed E-state index contributed by atoms with van der Waals surface area (Å²) < 4.78 is 7.17. The molecular formula is C29H24N4O5. The van der Waals surface area contributed by atoms with Crippen molar-refractivity contribution >= 4 is 52.1 Å². The second-order valence-electron chi connectivity index (χ2n) is 8.53. The Morgan fingerprint density at radius 1 is 0.947 bits per heavy atom. The lowest BCUT2D eigenvalue weighted by Gasteiger charge is -2.26. The van der Waals surface area contributed by atoms with E-state index >= 15 is 0 Å². The number of carbonyl (C=O) groups excluding carboxylic acids is 4. The number of urea groups is 1. The van der Waals surface area contributed by atoms with Gasteiger partial charge in [-0.15, -0.1) is 0 Å². The quantitative estimate of drug-likeness (QED) is 0.285. The normalized spacial score (nSPS) is 14.6. The number of carbonyl (C=O) groups is 4. The van der Waals surface area contributed by atoms with E-state index in [-0.39, 0.29) is 18.0 Å². The minimum atomic E-state index is -0.832. The molecule has 0 unspecified atom stereocenters. The molecule has 3 aromatic carbocycles. The van der Waals surface area contributed by atoms with Gasteiger partial charge in [-0.3, -0.25) is 19.7 Å². The fourth-order valence-electron chi connectivity index (χ4n) is 4.30. The molecule has 1 fully saturated rings. The number of nitrogens with zero attached hydrogens (tertiary/aromatic N) is 2. The number of aromatic nitrogens is 1. The van der Waals surface area contributed by atoms with E-state index < -0.39 is 17.8 Å². The molecule has 0 spiro atoms. The first kappa shape index (κ1) is 24.5. The fraction of sp³-hybridized carbons (Fsp3) is 0.103. The van der Waals surface area contributed by atoms with Crippen LogP contribution in [0.15, 0.2) is 90.6 Å². The number of ether oxygens (including phenoxy) is 1. The number of imide groups is 2. The third-order valence-corrected chi connectivity index (χ3v) is 6.00. The maximum Gasteiger partial charge on any atom is 0.335 e. The van der Waals surface area contributed by atoms with Gasteiger partial charge in [0.2, 0.25) is 5.91 Å². The van der Waals surface area contributed by atoms with Crippen molar-refractivity contribution in [2.75, 3.05) is 16.8 Å². The summed E-state index contributed by atoms with van der Waals surface area (Å²) in [7, 11) is 0. The molecular weight excluding hydrogens is 484 g/mol. The molecule has 1 saturated heterocycles. The Bertz CT molecular complexity index is 1570. The van der Waals surface area contributed by atoms with Crippen LogP contribution >= 0.6 is 0 Å². The van der Waals surface area contributed by atoms with E-state index in [0.29, 0.717) is 29.3 Å². The Morgan fingerprint density at radius 3 is 2.39 bits per heavy atom. The molecule has 9 nitrogen and oxygen atoms in total. The number of hydrogen-bond donors (Lipinski definition) is 2. The van der Waals surface area contributed by atoms with Crippen LogP contribution in [0.5, 0.6) is 5.75 Å². The monoisotopic (exact) mass is 508 g/mol. The van der Waals surface area contributed by atoms with Crippen molar-refractivity contribution in [3.8, 4) is 5.75 Å². The average molecular weight is 509 g/mol. The summed E-state index contributed by atoms with van der Waals surface area (Å²) in [5, 5.41) is 5.84. The van der Waals surface area contributed by atoms with Crippen LogP contribution < -0.4 is 20.3 Å². The molecule has 190 valence electrons. The highest BCUT2D eigenvalue weighted by Gasteiger charge is 2.37. The second-order valence-corrected chi connectivity index (χ2v) is 8.53. The average Bonchev–Trinajstić information content (AvgIpc) is 3.25. The molecule has 2 heterocycles. The zero-order chi connectivity index (χ0) is 26.6. The number of para-hydroxylation sites is 2. The molecule has 9 heteroatoms. The lowest BCUT2D eigenvalue weighted by Crippen LogP contribution is -2.54. The lowest BCUT2D eigenvalue weighted by molar-refractivity contribution is -0.122. The molecule has 0 aliphatic carbocycles. The Labute approximate surface area is 218 Å². The summed E-state index contributed by atoms with van der Waals surface area (Å²) in [6, 6.07) is 22.1. The highest BCUT2D eigenvalue weighted by Crippen LogP contribution is 2.27. The van der Waals surface area contributed by atoms with Crippen LogP contribution in [0, 0.1) is 0 Å². The van der Waals surface area contributed by atoms with Gasteiger partial charge in [-0.25, -0.2) is 9.69 Å². The van der Waals surface area contributed by atoms with Crippen LogP contribution in [0.3, 0.4) is 0 Å².